The Morgan fingerprint density at radius 2 is 2.25 bits per heavy atom. The Bertz CT molecular complexity index is 493. The first kappa shape index (κ1) is 11.6. The first-order valence-corrected chi connectivity index (χ1v) is 6.22. The van der Waals surface area contributed by atoms with E-state index in [0.717, 1.165) is 28.8 Å². The molecule has 0 unspecified atom stereocenters. The number of aryl methyl sites for hydroxylation is 1. The molecule has 86 valence electrons. The first-order chi connectivity index (χ1) is 7.72. The first-order valence-electron chi connectivity index (χ1n) is 5.42. The van der Waals surface area contributed by atoms with Crippen molar-refractivity contribution in [2.24, 2.45) is 0 Å². The Balaban J connectivity index is 2.33. The molecule has 2 aromatic rings. The number of fused-ring (bicyclic) bond motifs is 1. The summed E-state index contributed by atoms with van der Waals surface area (Å²) in [5.74, 6) is 0. The van der Waals surface area contributed by atoms with Crippen LogP contribution in [0.2, 0.25) is 0 Å². The van der Waals surface area contributed by atoms with Crippen LogP contribution in [0, 0.1) is 6.92 Å². The minimum absolute atomic E-state index is 0.708. The summed E-state index contributed by atoms with van der Waals surface area (Å²) in [6, 6.07) is 6.24. The van der Waals surface area contributed by atoms with E-state index in [1.807, 2.05) is 24.6 Å². The Hall–Kier alpha value is -0.870. The molecule has 0 amide bonds. The lowest BCUT2D eigenvalue weighted by atomic mass is 10.2. The highest BCUT2D eigenvalue weighted by atomic mass is 79.9. The zero-order valence-electron chi connectivity index (χ0n) is 9.53. The number of benzene rings is 1. The van der Waals surface area contributed by atoms with Crippen LogP contribution in [0.25, 0.3) is 10.9 Å². The van der Waals surface area contributed by atoms with Gasteiger partial charge in [-0.15, -0.1) is 0 Å². The van der Waals surface area contributed by atoms with Crippen molar-refractivity contribution in [2.45, 2.75) is 20.4 Å². The SMILES string of the molecule is CCOCCn1nc(C)c2ccc(Br)cc21. The number of aromatic nitrogens is 2. The van der Waals surface area contributed by atoms with E-state index >= 15 is 0 Å². The molecule has 16 heavy (non-hydrogen) atoms. The number of nitrogens with zero attached hydrogens (tertiary/aromatic N) is 2. The predicted molar refractivity (Wildman–Crippen MR) is 68.7 cm³/mol. The number of rotatable bonds is 4. The van der Waals surface area contributed by atoms with E-state index in [9.17, 15) is 0 Å². The second-order valence-electron chi connectivity index (χ2n) is 3.67. The highest BCUT2D eigenvalue weighted by molar-refractivity contribution is 9.10. The third-order valence-electron chi connectivity index (χ3n) is 2.55. The lowest BCUT2D eigenvalue weighted by molar-refractivity contribution is 0.137. The topological polar surface area (TPSA) is 27.1 Å². The Morgan fingerprint density at radius 3 is 3.00 bits per heavy atom. The van der Waals surface area contributed by atoms with Crippen molar-refractivity contribution in [3.63, 3.8) is 0 Å². The van der Waals surface area contributed by atoms with E-state index in [0.29, 0.717) is 6.61 Å². The summed E-state index contributed by atoms with van der Waals surface area (Å²) >= 11 is 3.49. The zero-order chi connectivity index (χ0) is 11.5. The molecule has 1 heterocycles. The molecule has 4 heteroatoms. The van der Waals surface area contributed by atoms with Crippen LogP contribution in [0.5, 0.6) is 0 Å². The van der Waals surface area contributed by atoms with Crippen LogP contribution in [0.4, 0.5) is 0 Å². The van der Waals surface area contributed by atoms with Crippen molar-refractivity contribution >= 4 is 26.8 Å². The van der Waals surface area contributed by atoms with Gasteiger partial charge in [-0.05, 0) is 32.0 Å². The van der Waals surface area contributed by atoms with Gasteiger partial charge in [0.1, 0.15) is 0 Å². The second kappa shape index (κ2) is 4.97. The molecule has 0 saturated heterocycles. The summed E-state index contributed by atoms with van der Waals surface area (Å²) in [6.45, 7) is 6.30. The predicted octanol–water partition coefficient (Wildman–Crippen LogP) is 3.14. The Labute approximate surface area is 104 Å². The monoisotopic (exact) mass is 282 g/mol. The third-order valence-corrected chi connectivity index (χ3v) is 3.04. The minimum Gasteiger partial charge on any atom is -0.380 e. The molecule has 0 fully saturated rings. The van der Waals surface area contributed by atoms with Crippen molar-refractivity contribution < 1.29 is 4.74 Å². The maximum absolute atomic E-state index is 5.35. The fraction of sp³-hybridized carbons (Fsp3) is 0.417. The molecule has 0 radical (unpaired) electrons. The average Bonchev–Trinajstić information content (AvgIpc) is 2.56. The molecule has 0 aliphatic heterocycles. The van der Waals surface area contributed by atoms with Crippen LogP contribution in [-0.2, 0) is 11.3 Å². The van der Waals surface area contributed by atoms with Crippen molar-refractivity contribution in [1.29, 1.82) is 0 Å². The van der Waals surface area contributed by atoms with E-state index in [1.54, 1.807) is 0 Å². The van der Waals surface area contributed by atoms with Gasteiger partial charge in [-0.1, -0.05) is 15.9 Å². The molecule has 0 aliphatic carbocycles. The highest BCUT2D eigenvalue weighted by Gasteiger charge is 2.06. The molecule has 0 bridgehead atoms. The van der Waals surface area contributed by atoms with E-state index in [2.05, 4.69) is 33.2 Å². The van der Waals surface area contributed by atoms with Gasteiger partial charge in [0.05, 0.1) is 24.4 Å². The highest BCUT2D eigenvalue weighted by Crippen LogP contribution is 2.22. The van der Waals surface area contributed by atoms with Crippen LogP contribution in [0.3, 0.4) is 0 Å². The van der Waals surface area contributed by atoms with Crippen molar-refractivity contribution in [1.82, 2.24) is 9.78 Å². The maximum atomic E-state index is 5.35. The molecule has 2 rings (SSSR count). The average molecular weight is 283 g/mol. The molecule has 1 aromatic heterocycles. The molecule has 0 atom stereocenters. The second-order valence-corrected chi connectivity index (χ2v) is 4.58. The quantitative estimate of drug-likeness (QED) is 0.806. The maximum Gasteiger partial charge on any atom is 0.0697 e. The van der Waals surface area contributed by atoms with Crippen LogP contribution < -0.4 is 0 Å². The number of ether oxygens (including phenoxy) is 1. The lowest BCUT2D eigenvalue weighted by Gasteiger charge is -2.03. The summed E-state index contributed by atoms with van der Waals surface area (Å²) in [6.07, 6.45) is 0. The number of hydrogen-bond acceptors (Lipinski definition) is 2. The van der Waals surface area contributed by atoms with Crippen molar-refractivity contribution in [3.05, 3.63) is 28.4 Å². The summed E-state index contributed by atoms with van der Waals surface area (Å²) < 4.78 is 8.44. The molecule has 1 aromatic carbocycles. The van der Waals surface area contributed by atoms with E-state index in [1.165, 1.54) is 5.39 Å². The smallest absolute Gasteiger partial charge is 0.0697 e. The zero-order valence-corrected chi connectivity index (χ0v) is 11.1. The van der Waals surface area contributed by atoms with Crippen molar-refractivity contribution in [2.75, 3.05) is 13.2 Å². The summed E-state index contributed by atoms with van der Waals surface area (Å²) in [5.41, 5.74) is 2.23. The van der Waals surface area contributed by atoms with Gasteiger partial charge in [-0.3, -0.25) is 4.68 Å². The van der Waals surface area contributed by atoms with Crippen LogP contribution in [0.1, 0.15) is 12.6 Å². The third kappa shape index (κ3) is 2.28. The fourth-order valence-electron chi connectivity index (χ4n) is 1.78. The van der Waals surface area contributed by atoms with Gasteiger partial charge >= 0.3 is 0 Å². The molecule has 0 aliphatic rings. The largest absolute Gasteiger partial charge is 0.380 e. The van der Waals surface area contributed by atoms with Gasteiger partial charge < -0.3 is 4.74 Å². The van der Waals surface area contributed by atoms with E-state index in [4.69, 9.17) is 4.74 Å². The fourth-order valence-corrected chi connectivity index (χ4v) is 2.13. The summed E-state index contributed by atoms with van der Waals surface area (Å²) in [5, 5.41) is 5.73. The minimum atomic E-state index is 0.708. The van der Waals surface area contributed by atoms with Crippen molar-refractivity contribution in [3.8, 4) is 0 Å². The van der Waals surface area contributed by atoms with E-state index in [-0.39, 0.29) is 0 Å². The summed E-state index contributed by atoms with van der Waals surface area (Å²) in [7, 11) is 0. The molecular formula is C12H15BrN2O. The van der Waals surface area contributed by atoms with Gasteiger partial charge in [0.15, 0.2) is 0 Å². The number of halogens is 1. The van der Waals surface area contributed by atoms with Crippen LogP contribution >= 0.6 is 15.9 Å². The Kier molecular flexibility index (Phi) is 3.61. The van der Waals surface area contributed by atoms with E-state index < -0.39 is 0 Å². The molecule has 0 spiro atoms. The Morgan fingerprint density at radius 1 is 1.44 bits per heavy atom. The van der Waals surface area contributed by atoms with Gasteiger partial charge in [-0.2, -0.15) is 5.10 Å². The number of hydrogen-bond donors (Lipinski definition) is 0. The lowest BCUT2D eigenvalue weighted by Crippen LogP contribution is -2.07. The molecular weight excluding hydrogens is 268 g/mol. The van der Waals surface area contributed by atoms with Gasteiger partial charge in [0.2, 0.25) is 0 Å². The molecule has 3 nitrogen and oxygen atoms in total. The van der Waals surface area contributed by atoms with Gasteiger partial charge in [0, 0.05) is 16.5 Å². The van der Waals surface area contributed by atoms with Gasteiger partial charge in [-0.25, -0.2) is 0 Å². The normalized spacial score (nSPS) is 11.2. The van der Waals surface area contributed by atoms with Crippen LogP contribution in [-0.4, -0.2) is 23.0 Å². The van der Waals surface area contributed by atoms with Crippen LogP contribution in [0.15, 0.2) is 22.7 Å². The van der Waals surface area contributed by atoms with Gasteiger partial charge in [0.25, 0.3) is 0 Å². The standard InChI is InChI=1S/C12H15BrN2O/c1-3-16-7-6-15-12-8-10(13)4-5-11(12)9(2)14-15/h4-5,8H,3,6-7H2,1-2H3. The molecule has 0 N–H and O–H groups in total. The summed E-state index contributed by atoms with van der Waals surface area (Å²) in [4.78, 5) is 0. The molecule has 0 saturated carbocycles.